The van der Waals surface area contributed by atoms with Crippen LogP contribution in [0.3, 0.4) is 0 Å². The first-order chi connectivity index (χ1) is 12.2. The zero-order valence-corrected chi connectivity index (χ0v) is 15.6. The van der Waals surface area contributed by atoms with Crippen LogP contribution in [0, 0.1) is 20.8 Å². The maximum absolute atomic E-state index is 12.7. The van der Waals surface area contributed by atoms with Crippen LogP contribution in [0.15, 0.2) is 18.2 Å². The number of aromatic nitrogens is 1. The van der Waals surface area contributed by atoms with E-state index in [1.165, 1.54) is 6.92 Å². The molecule has 0 atom stereocenters. The Bertz CT molecular complexity index is 868. The first-order valence-electron chi connectivity index (χ1n) is 8.30. The molecule has 0 spiro atoms. The molecule has 0 aliphatic rings. The molecule has 2 rings (SSSR count). The number of amides is 2. The average molecular weight is 357 g/mol. The van der Waals surface area contributed by atoms with Gasteiger partial charge in [0, 0.05) is 24.0 Å². The topological polar surface area (TPSA) is 100 Å². The minimum absolute atomic E-state index is 0.193. The number of anilines is 2. The van der Waals surface area contributed by atoms with Gasteiger partial charge in [0.2, 0.25) is 5.91 Å². The molecule has 1 heterocycles. The second-order valence-corrected chi connectivity index (χ2v) is 6.01. The van der Waals surface area contributed by atoms with E-state index in [1.807, 2.05) is 6.92 Å². The van der Waals surface area contributed by atoms with Gasteiger partial charge < -0.3 is 20.4 Å². The molecule has 3 N–H and O–H groups in total. The first kappa shape index (κ1) is 19.2. The molecule has 26 heavy (non-hydrogen) atoms. The van der Waals surface area contributed by atoms with E-state index in [2.05, 4.69) is 15.6 Å². The highest BCUT2D eigenvalue weighted by atomic mass is 16.5. The zero-order valence-electron chi connectivity index (χ0n) is 15.6. The van der Waals surface area contributed by atoms with Gasteiger partial charge >= 0.3 is 5.97 Å². The fourth-order valence-electron chi connectivity index (χ4n) is 2.71. The summed E-state index contributed by atoms with van der Waals surface area (Å²) in [5.74, 6) is -1.02. The summed E-state index contributed by atoms with van der Waals surface area (Å²) in [5, 5.41) is 5.50. The van der Waals surface area contributed by atoms with Gasteiger partial charge in [0.05, 0.1) is 12.2 Å². The average Bonchev–Trinajstić information content (AvgIpc) is 2.85. The second kappa shape index (κ2) is 7.86. The van der Waals surface area contributed by atoms with Crippen LogP contribution in [-0.2, 0) is 9.53 Å². The number of rotatable bonds is 5. The molecule has 0 bridgehead atoms. The number of hydrogen-bond acceptors (Lipinski definition) is 4. The van der Waals surface area contributed by atoms with Crippen LogP contribution in [-0.4, -0.2) is 29.4 Å². The van der Waals surface area contributed by atoms with Crippen molar-refractivity contribution in [1.82, 2.24) is 4.98 Å². The highest BCUT2D eigenvalue weighted by Crippen LogP contribution is 2.23. The van der Waals surface area contributed by atoms with Crippen LogP contribution in [0.1, 0.15) is 51.5 Å². The number of esters is 1. The van der Waals surface area contributed by atoms with E-state index >= 15 is 0 Å². The van der Waals surface area contributed by atoms with Gasteiger partial charge in [-0.1, -0.05) is 6.07 Å². The second-order valence-electron chi connectivity index (χ2n) is 6.01. The lowest BCUT2D eigenvalue weighted by atomic mass is 10.1. The van der Waals surface area contributed by atoms with E-state index in [0.29, 0.717) is 33.9 Å². The molecular formula is C19H23N3O4. The molecule has 0 aliphatic carbocycles. The van der Waals surface area contributed by atoms with Crippen molar-refractivity contribution >= 4 is 29.2 Å². The standard InChI is InChI=1S/C19H23N3O4/c1-6-26-19(25)16-11(3)17(20-12(16)4)18(24)22-15-9-14(21-13(5)23)8-7-10(15)2/h7-9,20H,6H2,1-5H3,(H,21,23)(H,22,24). The number of carbonyl (C=O) groups is 3. The summed E-state index contributed by atoms with van der Waals surface area (Å²) in [7, 11) is 0. The largest absolute Gasteiger partial charge is 0.462 e. The number of H-pyrrole nitrogens is 1. The van der Waals surface area contributed by atoms with E-state index in [9.17, 15) is 14.4 Å². The summed E-state index contributed by atoms with van der Waals surface area (Å²) >= 11 is 0. The molecule has 2 amide bonds. The number of benzene rings is 1. The fraction of sp³-hybridized carbons (Fsp3) is 0.316. The van der Waals surface area contributed by atoms with Crippen LogP contribution in [0.5, 0.6) is 0 Å². The molecule has 0 saturated carbocycles. The minimum Gasteiger partial charge on any atom is -0.462 e. The zero-order chi connectivity index (χ0) is 19.4. The quantitative estimate of drug-likeness (QED) is 0.715. The number of aryl methyl sites for hydroxylation is 2. The molecule has 1 aromatic heterocycles. The van der Waals surface area contributed by atoms with E-state index < -0.39 is 5.97 Å². The Morgan fingerprint density at radius 3 is 2.42 bits per heavy atom. The summed E-state index contributed by atoms with van der Waals surface area (Å²) in [6, 6.07) is 5.25. The van der Waals surface area contributed by atoms with Crippen molar-refractivity contribution in [2.45, 2.75) is 34.6 Å². The van der Waals surface area contributed by atoms with E-state index in [-0.39, 0.29) is 18.4 Å². The molecule has 0 fully saturated rings. The third kappa shape index (κ3) is 4.11. The van der Waals surface area contributed by atoms with Crippen molar-refractivity contribution in [2.75, 3.05) is 17.2 Å². The maximum atomic E-state index is 12.7. The molecule has 2 aromatic rings. The van der Waals surface area contributed by atoms with Gasteiger partial charge in [-0.25, -0.2) is 4.79 Å². The maximum Gasteiger partial charge on any atom is 0.340 e. The lowest BCUT2D eigenvalue weighted by molar-refractivity contribution is -0.114. The van der Waals surface area contributed by atoms with Crippen LogP contribution in [0.4, 0.5) is 11.4 Å². The lowest BCUT2D eigenvalue weighted by Gasteiger charge is -2.11. The van der Waals surface area contributed by atoms with E-state index in [0.717, 1.165) is 5.56 Å². The normalized spacial score (nSPS) is 10.3. The molecule has 138 valence electrons. The Kier molecular flexibility index (Phi) is 5.82. The fourth-order valence-corrected chi connectivity index (χ4v) is 2.71. The molecule has 0 aliphatic heterocycles. The van der Waals surface area contributed by atoms with Gasteiger partial charge in [-0.05, 0) is 51.0 Å². The van der Waals surface area contributed by atoms with Crippen LogP contribution < -0.4 is 10.6 Å². The predicted molar refractivity (Wildman–Crippen MR) is 99.7 cm³/mol. The van der Waals surface area contributed by atoms with Gasteiger partial charge in [-0.2, -0.15) is 0 Å². The minimum atomic E-state index is -0.457. The van der Waals surface area contributed by atoms with E-state index in [1.54, 1.807) is 39.0 Å². The van der Waals surface area contributed by atoms with Crippen molar-refractivity contribution < 1.29 is 19.1 Å². The van der Waals surface area contributed by atoms with Gasteiger partial charge in [-0.15, -0.1) is 0 Å². The SMILES string of the molecule is CCOC(=O)c1c(C)[nH]c(C(=O)Nc2cc(NC(C)=O)ccc2C)c1C. The third-order valence-electron chi connectivity index (χ3n) is 3.95. The van der Waals surface area contributed by atoms with Gasteiger partial charge in [0.15, 0.2) is 0 Å². The van der Waals surface area contributed by atoms with Crippen LogP contribution >= 0.6 is 0 Å². The number of nitrogens with one attached hydrogen (secondary N) is 3. The summed E-state index contributed by atoms with van der Waals surface area (Å²) in [5.41, 5.74) is 3.80. The van der Waals surface area contributed by atoms with Crippen LogP contribution in [0.25, 0.3) is 0 Å². The van der Waals surface area contributed by atoms with Crippen molar-refractivity contribution in [1.29, 1.82) is 0 Å². The molecule has 7 nitrogen and oxygen atoms in total. The van der Waals surface area contributed by atoms with Gasteiger partial charge in [-0.3, -0.25) is 9.59 Å². The van der Waals surface area contributed by atoms with Crippen molar-refractivity contribution in [3.8, 4) is 0 Å². The number of carbonyl (C=O) groups excluding carboxylic acids is 3. The van der Waals surface area contributed by atoms with Gasteiger partial charge in [0.1, 0.15) is 5.69 Å². The Labute approximate surface area is 152 Å². The molecular weight excluding hydrogens is 334 g/mol. The molecule has 0 saturated heterocycles. The van der Waals surface area contributed by atoms with Crippen molar-refractivity contribution in [3.05, 3.63) is 46.3 Å². The number of aromatic amines is 1. The summed E-state index contributed by atoms with van der Waals surface area (Å²) < 4.78 is 5.04. The first-order valence-corrected chi connectivity index (χ1v) is 8.30. The Hall–Kier alpha value is -3.09. The predicted octanol–water partition coefficient (Wildman–Crippen LogP) is 3.33. The lowest BCUT2D eigenvalue weighted by Crippen LogP contribution is -2.15. The van der Waals surface area contributed by atoms with Crippen molar-refractivity contribution in [2.24, 2.45) is 0 Å². The Morgan fingerprint density at radius 2 is 1.81 bits per heavy atom. The summed E-state index contributed by atoms with van der Waals surface area (Å²) in [6.07, 6.45) is 0. The Morgan fingerprint density at radius 1 is 1.12 bits per heavy atom. The summed E-state index contributed by atoms with van der Waals surface area (Å²) in [4.78, 5) is 38.9. The third-order valence-corrected chi connectivity index (χ3v) is 3.95. The molecule has 1 aromatic carbocycles. The van der Waals surface area contributed by atoms with Crippen LogP contribution in [0.2, 0.25) is 0 Å². The van der Waals surface area contributed by atoms with Crippen molar-refractivity contribution in [3.63, 3.8) is 0 Å². The smallest absolute Gasteiger partial charge is 0.340 e. The monoisotopic (exact) mass is 357 g/mol. The highest BCUT2D eigenvalue weighted by molar-refractivity contribution is 6.07. The number of ether oxygens (including phenoxy) is 1. The highest BCUT2D eigenvalue weighted by Gasteiger charge is 2.23. The summed E-state index contributed by atoms with van der Waals surface area (Å²) in [6.45, 7) is 8.68. The molecule has 7 heteroatoms. The Balaban J connectivity index is 2.30. The molecule has 0 unspecified atom stereocenters. The van der Waals surface area contributed by atoms with E-state index in [4.69, 9.17) is 4.74 Å². The van der Waals surface area contributed by atoms with Gasteiger partial charge in [0.25, 0.3) is 5.91 Å². The number of hydrogen-bond donors (Lipinski definition) is 3. The molecule has 0 radical (unpaired) electrons.